The summed E-state index contributed by atoms with van der Waals surface area (Å²) in [6.45, 7) is 5.71. The van der Waals surface area contributed by atoms with Crippen LogP contribution in [0.4, 0.5) is 0 Å². The first kappa shape index (κ1) is 16.0. The van der Waals surface area contributed by atoms with Crippen molar-refractivity contribution >= 4 is 11.8 Å². The first-order valence-corrected chi connectivity index (χ1v) is 6.50. The fourth-order valence-corrected chi connectivity index (χ4v) is 1.68. The highest BCUT2D eigenvalue weighted by Gasteiger charge is 2.17. The van der Waals surface area contributed by atoms with Gasteiger partial charge in [0.1, 0.15) is 5.75 Å². The van der Waals surface area contributed by atoms with E-state index in [1.807, 2.05) is 20.8 Å². The first-order chi connectivity index (χ1) is 9.17. The molecule has 0 radical (unpaired) electrons. The Bertz CT molecular complexity index is 475. The maximum atomic E-state index is 12.0. The van der Waals surface area contributed by atoms with Gasteiger partial charge < -0.3 is 15.3 Å². The van der Waals surface area contributed by atoms with Crippen LogP contribution in [-0.4, -0.2) is 41.0 Å². The first-order valence-electron chi connectivity index (χ1n) is 6.50. The molecule has 0 unspecified atom stereocenters. The molecule has 0 bridgehead atoms. The predicted octanol–water partition coefficient (Wildman–Crippen LogP) is 1.31. The van der Waals surface area contributed by atoms with Crippen LogP contribution in [0.1, 0.15) is 26.3 Å². The van der Waals surface area contributed by atoms with Crippen molar-refractivity contribution in [3.05, 3.63) is 29.8 Å². The Morgan fingerprint density at radius 3 is 2.25 bits per heavy atom. The summed E-state index contributed by atoms with van der Waals surface area (Å²) in [7, 11) is 1.60. The van der Waals surface area contributed by atoms with Crippen LogP contribution >= 0.6 is 0 Å². The molecular formula is C15H22N2O3. The zero-order chi connectivity index (χ0) is 15.3. The summed E-state index contributed by atoms with van der Waals surface area (Å²) >= 11 is 0. The van der Waals surface area contributed by atoms with Gasteiger partial charge in [-0.15, -0.1) is 0 Å². The number of aromatic hydroxyl groups is 1. The van der Waals surface area contributed by atoms with Gasteiger partial charge in [-0.05, 0) is 38.5 Å². The molecular weight excluding hydrogens is 256 g/mol. The van der Waals surface area contributed by atoms with E-state index >= 15 is 0 Å². The monoisotopic (exact) mass is 278 g/mol. The fraction of sp³-hybridized carbons (Fsp3) is 0.467. The fourth-order valence-electron chi connectivity index (χ4n) is 1.68. The lowest BCUT2D eigenvalue weighted by molar-refractivity contribution is -0.134. The van der Waals surface area contributed by atoms with Gasteiger partial charge in [-0.3, -0.25) is 9.59 Å². The molecule has 5 heteroatoms. The molecule has 5 nitrogen and oxygen atoms in total. The minimum atomic E-state index is -0.308. The molecule has 1 rings (SSSR count). The quantitative estimate of drug-likeness (QED) is 0.872. The van der Waals surface area contributed by atoms with Crippen molar-refractivity contribution in [2.45, 2.75) is 32.7 Å². The molecule has 0 saturated carbocycles. The van der Waals surface area contributed by atoms with Gasteiger partial charge in [-0.25, -0.2) is 0 Å². The SMILES string of the molecule is CN(CC(=O)NC(C)(C)C)C(=O)Cc1ccc(O)cc1. The van der Waals surface area contributed by atoms with E-state index in [0.29, 0.717) is 0 Å². The number of benzene rings is 1. The molecule has 0 aliphatic rings. The van der Waals surface area contributed by atoms with Gasteiger partial charge in [0.2, 0.25) is 11.8 Å². The minimum absolute atomic E-state index is 0.0359. The highest BCUT2D eigenvalue weighted by Crippen LogP contribution is 2.10. The molecule has 20 heavy (non-hydrogen) atoms. The molecule has 0 atom stereocenters. The smallest absolute Gasteiger partial charge is 0.240 e. The van der Waals surface area contributed by atoms with E-state index in [-0.39, 0.29) is 36.1 Å². The van der Waals surface area contributed by atoms with Crippen LogP contribution in [0.25, 0.3) is 0 Å². The molecule has 2 amide bonds. The molecule has 2 N–H and O–H groups in total. The van der Waals surface area contributed by atoms with Gasteiger partial charge in [0.05, 0.1) is 13.0 Å². The zero-order valence-corrected chi connectivity index (χ0v) is 12.4. The molecule has 0 saturated heterocycles. The number of phenols is 1. The second-order valence-electron chi connectivity index (χ2n) is 5.89. The van der Waals surface area contributed by atoms with E-state index < -0.39 is 0 Å². The second kappa shape index (κ2) is 6.41. The normalized spacial score (nSPS) is 11.0. The predicted molar refractivity (Wildman–Crippen MR) is 77.3 cm³/mol. The number of hydrogen-bond acceptors (Lipinski definition) is 3. The third-order valence-corrected chi connectivity index (χ3v) is 2.61. The van der Waals surface area contributed by atoms with E-state index in [2.05, 4.69) is 5.32 Å². The van der Waals surface area contributed by atoms with E-state index in [4.69, 9.17) is 0 Å². The lowest BCUT2D eigenvalue weighted by Gasteiger charge is -2.23. The number of nitrogens with zero attached hydrogens (tertiary/aromatic N) is 1. The molecule has 0 fully saturated rings. The average molecular weight is 278 g/mol. The van der Waals surface area contributed by atoms with E-state index in [0.717, 1.165) is 5.56 Å². The van der Waals surface area contributed by atoms with E-state index in [9.17, 15) is 14.7 Å². The molecule has 0 spiro atoms. The van der Waals surface area contributed by atoms with Gasteiger partial charge in [-0.1, -0.05) is 12.1 Å². The van der Waals surface area contributed by atoms with Crippen LogP contribution in [0.5, 0.6) is 5.75 Å². The summed E-state index contributed by atoms with van der Waals surface area (Å²) in [6.07, 6.45) is 0.208. The molecule has 0 aromatic heterocycles. The number of carbonyl (C=O) groups excluding carboxylic acids is 2. The summed E-state index contributed by atoms with van der Waals surface area (Å²) in [6, 6.07) is 6.45. The summed E-state index contributed by atoms with van der Waals surface area (Å²) in [5.74, 6) is -0.155. The highest BCUT2D eigenvalue weighted by atomic mass is 16.3. The maximum Gasteiger partial charge on any atom is 0.240 e. The average Bonchev–Trinajstić information content (AvgIpc) is 2.29. The van der Waals surface area contributed by atoms with Crippen molar-refractivity contribution in [2.24, 2.45) is 0 Å². The standard InChI is InChI=1S/C15H22N2O3/c1-15(2,3)16-13(19)10-17(4)14(20)9-11-5-7-12(18)8-6-11/h5-8,18H,9-10H2,1-4H3,(H,16,19). The van der Waals surface area contributed by atoms with Crippen molar-refractivity contribution in [3.8, 4) is 5.75 Å². The number of nitrogens with one attached hydrogen (secondary N) is 1. The number of hydrogen-bond donors (Lipinski definition) is 2. The summed E-state index contributed by atoms with van der Waals surface area (Å²) in [5, 5.41) is 12.0. The summed E-state index contributed by atoms with van der Waals surface area (Å²) in [5.41, 5.74) is 0.494. The van der Waals surface area contributed by atoms with Gasteiger partial charge in [0.25, 0.3) is 0 Å². The topological polar surface area (TPSA) is 69.6 Å². The Kier molecular flexibility index (Phi) is 5.13. The molecule has 0 aliphatic heterocycles. The Morgan fingerprint density at radius 1 is 1.20 bits per heavy atom. The van der Waals surface area contributed by atoms with Gasteiger partial charge in [0.15, 0.2) is 0 Å². The number of phenolic OH excluding ortho intramolecular Hbond substituents is 1. The third-order valence-electron chi connectivity index (χ3n) is 2.61. The largest absolute Gasteiger partial charge is 0.508 e. The number of amides is 2. The van der Waals surface area contributed by atoms with Crippen LogP contribution in [0.15, 0.2) is 24.3 Å². The zero-order valence-electron chi connectivity index (χ0n) is 12.4. The van der Waals surface area contributed by atoms with Crippen LogP contribution in [0, 0.1) is 0 Å². The molecule has 110 valence electrons. The third kappa shape index (κ3) is 5.73. The molecule has 1 aromatic rings. The van der Waals surface area contributed by atoms with Crippen molar-refractivity contribution < 1.29 is 14.7 Å². The Labute approximate surface area is 119 Å². The van der Waals surface area contributed by atoms with Crippen LogP contribution in [-0.2, 0) is 16.0 Å². The molecule has 0 heterocycles. The number of carbonyl (C=O) groups is 2. The van der Waals surface area contributed by atoms with Gasteiger partial charge >= 0.3 is 0 Å². The lowest BCUT2D eigenvalue weighted by Crippen LogP contribution is -2.46. The Morgan fingerprint density at radius 2 is 1.75 bits per heavy atom. The van der Waals surface area contributed by atoms with Crippen molar-refractivity contribution in [1.82, 2.24) is 10.2 Å². The molecule has 1 aromatic carbocycles. The Hall–Kier alpha value is -2.04. The van der Waals surface area contributed by atoms with Crippen molar-refractivity contribution in [2.75, 3.05) is 13.6 Å². The van der Waals surface area contributed by atoms with Gasteiger partial charge in [-0.2, -0.15) is 0 Å². The van der Waals surface area contributed by atoms with Crippen LogP contribution in [0.2, 0.25) is 0 Å². The van der Waals surface area contributed by atoms with Crippen LogP contribution in [0.3, 0.4) is 0 Å². The van der Waals surface area contributed by atoms with E-state index in [1.54, 1.807) is 19.2 Å². The van der Waals surface area contributed by atoms with Crippen molar-refractivity contribution in [1.29, 1.82) is 0 Å². The number of rotatable bonds is 4. The maximum absolute atomic E-state index is 12.0. The van der Waals surface area contributed by atoms with Gasteiger partial charge in [0, 0.05) is 12.6 Å². The Balaban J connectivity index is 2.51. The van der Waals surface area contributed by atoms with Crippen molar-refractivity contribution in [3.63, 3.8) is 0 Å². The molecule has 0 aliphatic carbocycles. The highest BCUT2D eigenvalue weighted by molar-refractivity contribution is 5.85. The number of likely N-dealkylation sites (N-methyl/N-ethyl adjacent to an activating group) is 1. The summed E-state index contributed by atoms with van der Waals surface area (Å²) < 4.78 is 0. The second-order valence-corrected chi connectivity index (χ2v) is 5.89. The lowest BCUT2D eigenvalue weighted by atomic mass is 10.1. The van der Waals surface area contributed by atoms with Crippen LogP contribution < -0.4 is 5.32 Å². The van der Waals surface area contributed by atoms with E-state index in [1.165, 1.54) is 17.0 Å². The minimum Gasteiger partial charge on any atom is -0.508 e. The summed E-state index contributed by atoms with van der Waals surface area (Å²) in [4.78, 5) is 25.1.